The van der Waals surface area contributed by atoms with Gasteiger partial charge in [0.25, 0.3) is 0 Å². The van der Waals surface area contributed by atoms with Gasteiger partial charge in [-0.15, -0.1) is 0 Å². The Hall–Kier alpha value is -1.07. The zero-order valence-corrected chi connectivity index (χ0v) is 10.8. The van der Waals surface area contributed by atoms with Gasteiger partial charge in [0.1, 0.15) is 0 Å². The first-order chi connectivity index (χ1) is 8.86. The Balaban J connectivity index is 1.96. The lowest BCUT2D eigenvalue weighted by molar-refractivity contribution is -0.137. The minimum absolute atomic E-state index is 0.0679. The molecule has 1 aliphatic rings. The maximum atomic E-state index is 12.4. The molecule has 2 nitrogen and oxygen atoms in total. The molecule has 2 rings (SSSR count). The van der Waals surface area contributed by atoms with Crippen molar-refractivity contribution in [3.05, 3.63) is 35.4 Å². The third-order valence-corrected chi connectivity index (χ3v) is 3.59. The fourth-order valence-electron chi connectivity index (χ4n) is 2.42. The molecular weight excluding hydrogens is 255 g/mol. The maximum Gasteiger partial charge on any atom is 0.416 e. The highest BCUT2D eigenvalue weighted by Crippen LogP contribution is 2.29. The van der Waals surface area contributed by atoms with E-state index in [1.807, 2.05) is 6.92 Å². The summed E-state index contributed by atoms with van der Waals surface area (Å²) in [7, 11) is 0. The molecule has 1 aromatic rings. The average Bonchev–Trinajstić information content (AvgIpc) is 2.75. The zero-order valence-electron chi connectivity index (χ0n) is 10.8. The standard InChI is InChI=1S/C14H18F3NO/c1-9-6-11(8-19-9)13(18)7-10-2-4-12(5-3-10)14(15,16)17/h2-5,9,11,13H,6-8,18H2,1H3. The summed E-state index contributed by atoms with van der Waals surface area (Å²) in [5, 5.41) is 0. The van der Waals surface area contributed by atoms with Crippen molar-refractivity contribution in [2.24, 2.45) is 11.7 Å². The van der Waals surface area contributed by atoms with Crippen LogP contribution in [0.15, 0.2) is 24.3 Å². The van der Waals surface area contributed by atoms with Crippen molar-refractivity contribution >= 4 is 0 Å². The Labute approximate surface area is 110 Å². The van der Waals surface area contributed by atoms with Crippen LogP contribution >= 0.6 is 0 Å². The predicted molar refractivity (Wildman–Crippen MR) is 66.6 cm³/mol. The van der Waals surface area contributed by atoms with Crippen LogP contribution in [0.2, 0.25) is 0 Å². The molecular formula is C14H18F3NO. The van der Waals surface area contributed by atoms with Gasteiger partial charge in [-0.25, -0.2) is 0 Å². The molecule has 0 bridgehead atoms. The molecule has 0 aliphatic carbocycles. The summed E-state index contributed by atoms with van der Waals surface area (Å²) in [4.78, 5) is 0. The van der Waals surface area contributed by atoms with Crippen molar-refractivity contribution in [1.82, 2.24) is 0 Å². The highest BCUT2D eigenvalue weighted by atomic mass is 19.4. The van der Waals surface area contributed by atoms with Crippen LogP contribution in [-0.4, -0.2) is 18.8 Å². The first-order valence-corrected chi connectivity index (χ1v) is 6.39. The second-order valence-corrected chi connectivity index (χ2v) is 5.20. The van der Waals surface area contributed by atoms with Gasteiger partial charge in [-0.3, -0.25) is 0 Å². The third kappa shape index (κ3) is 3.70. The van der Waals surface area contributed by atoms with E-state index in [4.69, 9.17) is 10.5 Å². The molecule has 19 heavy (non-hydrogen) atoms. The highest BCUT2D eigenvalue weighted by Gasteiger charge is 2.30. The Morgan fingerprint density at radius 3 is 2.42 bits per heavy atom. The summed E-state index contributed by atoms with van der Waals surface area (Å²) in [5.74, 6) is 0.289. The molecule has 1 heterocycles. The van der Waals surface area contributed by atoms with Gasteiger partial charge in [0.15, 0.2) is 0 Å². The Bertz CT molecular complexity index is 416. The first kappa shape index (κ1) is 14.3. The number of ether oxygens (including phenoxy) is 1. The Kier molecular flexibility index (Phi) is 4.16. The lowest BCUT2D eigenvalue weighted by Gasteiger charge is -2.18. The SMILES string of the molecule is CC1CC(C(N)Cc2ccc(C(F)(F)F)cc2)CO1. The van der Waals surface area contributed by atoms with E-state index in [-0.39, 0.29) is 18.1 Å². The molecule has 5 heteroatoms. The molecule has 0 spiro atoms. The van der Waals surface area contributed by atoms with Crippen LogP contribution in [0.3, 0.4) is 0 Å². The first-order valence-electron chi connectivity index (χ1n) is 6.39. The fourth-order valence-corrected chi connectivity index (χ4v) is 2.42. The predicted octanol–water partition coefficient (Wildman–Crippen LogP) is 3.00. The molecule has 2 N–H and O–H groups in total. The fraction of sp³-hybridized carbons (Fsp3) is 0.571. The summed E-state index contributed by atoms with van der Waals surface area (Å²) >= 11 is 0. The summed E-state index contributed by atoms with van der Waals surface area (Å²) in [5.41, 5.74) is 6.31. The molecule has 1 aliphatic heterocycles. The van der Waals surface area contributed by atoms with E-state index in [0.29, 0.717) is 13.0 Å². The van der Waals surface area contributed by atoms with Crippen LogP contribution in [-0.2, 0) is 17.3 Å². The van der Waals surface area contributed by atoms with Gasteiger partial charge in [-0.1, -0.05) is 12.1 Å². The maximum absolute atomic E-state index is 12.4. The zero-order chi connectivity index (χ0) is 14.0. The van der Waals surface area contributed by atoms with E-state index < -0.39 is 11.7 Å². The smallest absolute Gasteiger partial charge is 0.378 e. The summed E-state index contributed by atoms with van der Waals surface area (Å²) in [6.07, 6.45) is -2.56. The van der Waals surface area contributed by atoms with Crippen molar-refractivity contribution in [2.75, 3.05) is 6.61 Å². The molecule has 0 amide bonds. The van der Waals surface area contributed by atoms with Crippen LogP contribution < -0.4 is 5.73 Å². The minimum Gasteiger partial charge on any atom is -0.378 e. The Morgan fingerprint density at radius 1 is 1.32 bits per heavy atom. The van der Waals surface area contributed by atoms with E-state index >= 15 is 0 Å². The monoisotopic (exact) mass is 273 g/mol. The van der Waals surface area contributed by atoms with Gasteiger partial charge >= 0.3 is 6.18 Å². The van der Waals surface area contributed by atoms with E-state index in [9.17, 15) is 13.2 Å². The van der Waals surface area contributed by atoms with Gasteiger partial charge in [-0.05, 0) is 37.5 Å². The van der Waals surface area contributed by atoms with Gasteiger partial charge in [0.05, 0.1) is 18.3 Å². The number of nitrogens with two attached hydrogens (primary N) is 1. The van der Waals surface area contributed by atoms with E-state index in [2.05, 4.69) is 0 Å². The number of benzene rings is 1. The van der Waals surface area contributed by atoms with Crippen LogP contribution in [0.4, 0.5) is 13.2 Å². The van der Waals surface area contributed by atoms with Crippen molar-refractivity contribution in [2.45, 2.75) is 38.1 Å². The molecule has 3 atom stereocenters. The molecule has 0 aromatic heterocycles. The van der Waals surface area contributed by atoms with Crippen LogP contribution in [0.5, 0.6) is 0 Å². The summed E-state index contributed by atoms with van der Waals surface area (Å²) in [6.45, 7) is 2.65. The number of hydrogen-bond acceptors (Lipinski definition) is 2. The summed E-state index contributed by atoms with van der Waals surface area (Å²) < 4.78 is 42.7. The number of hydrogen-bond donors (Lipinski definition) is 1. The molecule has 106 valence electrons. The molecule has 1 saturated heterocycles. The largest absolute Gasteiger partial charge is 0.416 e. The van der Waals surface area contributed by atoms with Crippen LogP contribution in [0.25, 0.3) is 0 Å². The number of alkyl halides is 3. The van der Waals surface area contributed by atoms with E-state index in [1.54, 1.807) is 0 Å². The molecule has 0 saturated carbocycles. The molecule has 1 aromatic carbocycles. The van der Waals surface area contributed by atoms with E-state index in [0.717, 1.165) is 24.1 Å². The quantitative estimate of drug-likeness (QED) is 0.918. The van der Waals surface area contributed by atoms with Gasteiger partial charge in [-0.2, -0.15) is 13.2 Å². The number of rotatable bonds is 3. The Morgan fingerprint density at radius 2 is 1.95 bits per heavy atom. The second kappa shape index (κ2) is 5.51. The molecule has 3 unspecified atom stereocenters. The molecule has 1 fully saturated rings. The van der Waals surface area contributed by atoms with Crippen LogP contribution in [0.1, 0.15) is 24.5 Å². The summed E-state index contributed by atoms with van der Waals surface area (Å²) in [6, 6.07) is 5.15. The topological polar surface area (TPSA) is 35.2 Å². The molecule has 0 radical (unpaired) electrons. The van der Waals surface area contributed by atoms with Crippen molar-refractivity contribution in [3.8, 4) is 0 Å². The van der Waals surface area contributed by atoms with Gasteiger partial charge in [0, 0.05) is 12.0 Å². The van der Waals surface area contributed by atoms with Gasteiger partial charge in [0.2, 0.25) is 0 Å². The van der Waals surface area contributed by atoms with Gasteiger partial charge < -0.3 is 10.5 Å². The van der Waals surface area contributed by atoms with Crippen molar-refractivity contribution < 1.29 is 17.9 Å². The van der Waals surface area contributed by atoms with Crippen molar-refractivity contribution in [1.29, 1.82) is 0 Å². The normalized spacial score (nSPS) is 25.5. The number of halogens is 3. The lowest BCUT2D eigenvalue weighted by atomic mass is 9.92. The average molecular weight is 273 g/mol. The minimum atomic E-state index is -4.28. The van der Waals surface area contributed by atoms with Crippen molar-refractivity contribution in [3.63, 3.8) is 0 Å². The van der Waals surface area contributed by atoms with E-state index in [1.165, 1.54) is 12.1 Å². The third-order valence-electron chi connectivity index (χ3n) is 3.59. The van der Waals surface area contributed by atoms with Crippen LogP contribution in [0, 0.1) is 5.92 Å². The second-order valence-electron chi connectivity index (χ2n) is 5.20. The highest BCUT2D eigenvalue weighted by molar-refractivity contribution is 5.25. The lowest BCUT2D eigenvalue weighted by Crippen LogP contribution is -2.32.